The summed E-state index contributed by atoms with van der Waals surface area (Å²) in [6, 6.07) is 8.38. The molecule has 1 aliphatic rings. The van der Waals surface area contributed by atoms with E-state index in [1.165, 1.54) is 29.5 Å². The fraction of sp³-hybridized carbons (Fsp3) is 0.375. The summed E-state index contributed by atoms with van der Waals surface area (Å²) in [6.07, 6.45) is 4.61. The quantitative estimate of drug-likeness (QED) is 0.891. The van der Waals surface area contributed by atoms with E-state index in [1.54, 1.807) is 17.4 Å². The first-order valence-electron chi connectivity index (χ1n) is 6.89. The Morgan fingerprint density at radius 2 is 2.26 bits per heavy atom. The second-order valence-corrected chi connectivity index (χ2v) is 5.94. The van der Waals surface area contributed by atoms with Crippen LogP contribution in [0.5, 0.6) is 5.75 Å². The summed E-state index contributed by atoms with van der Waals surface area (Å²) in [4.78, 5) is 0. The van der Waals surface area contributed by atoms with Gasteiger partial charge in [-0.15, -0.1) is 0 Å². The van der Waals surface area contributed by atoms with E-state index < -0.39 is 0 Å². The highest BCUT2D eigenvalue weighted by molar-refractivity contribution is 7.07. The van der Waals surface area contributed by atoms with Gasteiger partial charge < -0.3 is 10.4 Å². The summed E-state index contributed by atoms with van der Waals surface area (Å²) in [7, 11) is 0. The zero-order chi connectivity index (χ0) is 13.1. The molecular formula is C16H19NOS. The van der Waals surface area contributed by atoms with Crippen LogP contribution in [-0.4, -0.2) is 11.7 Å². The maximum absolute atomic E-state index is 9.66. The minimum Gasteiger partial charge on any atom is -0.508 e. The number of hydrogen-bond acceptors (Lipinski definition) is 3. The standard InChI is InChI=1S/C16H19NOS/c18-14-5-4-13-2-1-3-16(15(13)10-14)17-8-6-12-7-9-19-11-12/h4-5,7,9-11,16-18H,1-3,6,8H2. The Balaban J connectivity index is 1.64. The molecule has 0 saturated heterocycles. The van der Waals surface area contributed by atoms with Gasteiger partial charge in [0, 0.05) is 6.04 Å². The summed E-state index contributed by atoms with van der Waals surface area (Å²) in [6.45, 7) is 0.997. The number of phenolic OH excluding ortho intramolecular Hbond substituents is 1. The summed E-state index contributed by atoms with van der Waals surface area (Å²) < 4.78 is 0. The number of aromatic hydroxyl groups is 1. The van der Waals surface area contributed by atoms with Gasteiger partial charge in [0.1, 0.15) is 5.75 Å². The average Bonchev–Trinajstić information content (AvgIpc) is 2.92. The molecule has 1 atom stereocenters. The van der Waals surface area contributed by atoms with E-state index in [-0.39, 0.29) is 0 Å². The lowest BCUT2D eigenvalue weighted by atomic mass is 9.87. The van der Waals surface area contributed by atoms with Crippen molar-refractivity contribution in [2.24, 2.45) is 0 Å². The lowest BCUT2D eigenvalue weighted by molar-refractivity contribution is 0.448. The molecule has 0 saturated carbocycles. The van der Waals surface area contributed by atoms with Gasteiger partial charge in [-0.3, -0.25) is 0 Å². The van der Waals surface area contributed by atoms with Gasteiger partial charge >= 0.3 is 0 Å². The number of benzene rings is 1. The Labute approximate surface area is 118 Å². The van der Waals surface area contributed by atoms with Crippen molar-refractivity contribution in [1.29, 1.82) is 0 Å². The number of thiophene rings is 1. The fourth-order valence-electron chi connectivity index (χ4n) is 2.82. The van der Waals surface area contributed by atoms with E-state index in [1.807, 2.05) is 6.07 Å². The van der Waals surface area contributed by atoms with Crippen molar-refractivity contribution < 1.29 is 5.11 Å². The van der Waals surface area contributed by atoms with Gasteiger partial charge in [0.05, 0.1) is 0 Å². The third kappa shape index (κ3) is 2.99. The van der Waals surface area contributed by atoms with E-state index >= 15 is 0 Å². The van der Waals surface area contributed by atoms with Crippen molar-refractivity contribution in [1.82, 2.24) is 5.32 Å². The second-order valence-electron chi connectivity index (χ2n) is 5.16. The van der Waals surface area contributed by atoms with Gasteiger partial charge in [-0.1, -0.05) is 6.07 Å². The van der Waals surface area contributed by atoms with Crippen molar-refractivity contribution in [2.45, 2.75) is 31.7 Å². The Hall–Kier alpha value is -1.32. The van der Waals surface area contributed by atoms with Crippen LogP contribution in [0.1, 0.15) is 35.6 Å². The van der Waals surface area contributed by atoms with Gasteiger partial charge in [-0.05, 0) is 77.9 Å². The van der Waals surface area contributed by atoms with Gasteiger partial charge in [-0.25, -0.2) is 0 Å². The van der Waals surface area contributed by atoms with Crippen LogP contribution in [0.2, 0.25) is 0 Å². The topological polar surface area (TPSA) is 32.3 Å². The number of phenols is 1. The third-order valence-electron chi connectivity index (χ3n) is 3.83. The monoisotopic (exact) mass is 273 g/mol. The van der Waals surface area contributed by atoms with Crippen LogP contribution in [-0.2, 0) is 12.8 Å². The van der Waals surface area contributed by atoms with Crippen molar-refractivity contribution in [2.75, 3.05) is 6.54 Å². The van der Waals surface area contributed by atoms with E-state index in [2.05, 4.69) is 28.2 Å². The second kappa shape index (κ2) is 5.76. The lowest BCUT2D eigenvalue weighted by Crippen LogP contribution is -2.27. The number of rotatable bonds is 4. The van der Waals surface area contributed by atoms with Crippen molar-refractivity contribution in [3.8, 4) is 5.75 Å². The molecule has 1 aromatic heterocycles. The van der Waals surface area contributed by atoms with E-state index in [0.29, 0.717) is 11.8 Å². The summed E-state index contributed by atoms with van der Waals surface area (Å²) in [5.74, 6) is 0.380. The Kier molecular flexibility index (Phi) is 3.85. The van der Waals surface area contributed by atoms with Gasteiger partial charge in [0.25, 0.3) is 0 Å². The molecule has 1 heterocycles. The summed E-state index contributed by atoms with van der Waals surface area (Å²) in [5, 5.41) is 17.6. The van der Waals surface area contributed by atoms with Crippen LogP contribution < -0.4 is 5.32 Å². The van der Waals surface area contributed by atoms with E-state index in [9.17, 15) is 5.11 Å². The minimum absolute atomic E-state index is 0.380. The van der Waals surface area contributed by atoms with Crippen molar-refractivity contribution in [3.63, 3.8) is 0 Å². The normalized spacial score (nSPS) is 18.2. The Morgan fingerprint density at radius 1 is 1.32 bits per heavy atom. The lowest BCUT2D eigenvalue weighted by Gasteiger charge is -2.26. The highest BCUT2D eigenvalue weighted by Crippen LogP contribution is 2.32. The maximum Gasteiger partial charge on any atom is 0.115 e. The Bertz CT molecular complexity index is 536. The van der Waals surface area contributed by atoms with Crippen LogP contribution in [0.25, 0.3) is 0 Å². The zero-order valence-electron chi connectivity index (χ0n) is 10.9. The maximum atomic E-state index is 9.66. The number of aryl methyl sites for hydroxylation is 1. The summed E-state index contributed by atoms with van der Waals surface area (Å²) >= 11 is 1.76. The van der Waals surface area contributed by atoms with Crippen LogP contribution in [0.3, 0.4) is 0 Å². The SMILES string of the molecule is Oc1ccc2c(c1)C(NCCc1ccsc1)CCC2. The predicted octanol–water partition coefficient (Wildman–Crippen LogP) is 3.66. The smallest absolute Gasteiger partial charge is 0.115 e. The molecule has 2 N–H and O–H groups in total. The van der Waals surface area contributed by atoms with Crippen molar-refractivity contribution >= 4 is 11.3 Å². The van der Waals surface area contributed by atoms with E-state index in [0.717, 1.165) is 19.4 Å². The molecule has 3 heteroatoms. The molecule has 3 rings (SSSR count). The molecule has 1 unspecified atom stereocenters. The first-order chi connectivity index (χ1) is 9.33. The molecule has 0 aliphatic heterocycles. The van der Waals surface area contributed by atoms with Crippen LogP contribution in [0, 0.1) is 0 Å². The molecule has 1 aliphatic carbocycles. The molecule has 0 fully saturated rings. The first-order valence-corrected chi connectivity index (χ1v) is 7.83. The van der Waals surface area contributed by atoms with Gasteiger partial charge in [0.15, 0.2) is 0 Å². The van der Waals surface area contributed by atoms with Gasteiger partial charge in [0.2, 0.25) is 0 Å². The average molecular weight is 273 g/mol. The molecule has 0 bridgehead atoms. The van der Waals surface area contributed by atoms with Crippen LogP contribution in [0.4, 0.5) is 0 Å². The molecule has 100 valence electrons. The molecule has 0 radical (unpaired) electrons. The van der Waals surface area contributed by atoms with Crippen LogP contribution in [0.15, 0.2) is 35.0 Å². The van der Waals surface area contributed by atoms with Gasteiger partial charge in [-0.2, -0.15) is 11.3 Å². The molecular weight excluding hydrogens is 254 g/mol. The first kappa shape index (κ1) is 12.7. The third-order valence-corrected chi connectivity index (χ3v) is 4.56. The molecule has 0 spiro atoms. The minimum atomic E-state index is 0.380. The number of fused-ring (bicyclic) bond motifs is 1. The Morgan fingerprint density at radius 3 is 3.11 bits per heavy atom. The van der Waals surface area contributed by atoms with E-state index in [4.69, 9.17) is 0 Å². The van der Waals surface area contributed by atoms with Crippen molar-refractivity contribution in [3.05, 3.63) is 51.7 Å². The zero-order valence-corrected chi connectivity index (χ0v) is 11.7. The molecule has 0 amide bonds. The highest BCUT2D eigenvalue weighted by atomic mass is 32.1. The molecule has 19 heavy (non-hydrogen) atoms. The summed E-state index contributed by atoms with van der Waals surface area (Å²) in [5.41, 5.74) is 4.08. The fourth-order valence-corrected chi connectivity index (χ4v) is 3.53. The predicted molar refractivity (Wildman–Crippen MR) is 79.8 cm³/mol. The molecule has 1 aromatic carbocycles. The largest absolute Gasteiger partial charge is 0.508 e. The highest BCUT2D eigenvalue weighted by Gasteiger charge is 2.19. The number of hydrogen-bond donors (Lipinski definition) is 2. The number of nitrogens with one attached hydrogen (secondary N) is 1. The van der Waals surface area contributed by atoms with Crippen LogP contribution >= 0.6 is 11.3 Å². The molecule has 2 nitrogen and oxygen atoms in total. The molecule has 2 aromatic rings.